The normalized spacial score (nSPS) is 17.6. The molecule has 1 saturated carbocycles. The van der Waals surface area contributed by atoms with Crippen molar-refractivity contribution in [2.24, 2.45) is 0 Å². The highest BCUT2D eigenvalue weighted by molar-refractivity contribution is 7.92. The molecule has 29 heavy (non-hydrogen) atoms. The summed E-state index contributed by atoms with van der Waals surface area (Å²) in [4.78, 5) is 29.1. The number of hydrogen-bond donors (Lipinski definition) is 1. The number of amides is 2. The van der Waals surface area contributed by atoms with Crippen LogP contribution < -0.4 is 4.72 Å². The van der Waals surface area contributed by atoms with Crippen LogP contribution in [0.25, 0.3) is 0 Å². The summed E-state index contributed by atoms with van der Waals surface area (Å²) in [5, 5.41) is 3.98. The number of rotatable bonds is 8. The van der Waals surface area contributed by atoms with Gasteiger partial charge in [-0.15, -0.1) is 0 Å². The van der Waals surface area contributed by atoms with Crippen LogP contribution in [0.2, 0.25) is 0 Å². The molecule has 1 aromatic carbocycles. The molecule has 0 bridgehead atoms. The number of aromatic nitrogens is 2. The van der Waals surface area contributed by atoms with Gasteiger partial charge in [-0.05, 0) is 30.9 Å². The highest BCUT2D eigenvalue weighted by Crippen LogP contribution is 2.38. The lowest BCUT2D eigenvalue weighted by molar-refractivity contribution is -0.147. The fourth-order valence-corrected chi connectivity index (χ4v) is 4.32. The van der Waals surface area contributed by atoms with E-state index in [1.165, 1.54) is 0 Å². The molecule has 1 saturated heterocycles. The highest BCUT2D eigenvalue weighted by Gasteiger charge is 2.29. The first-order valence-corrected chi connectivity index (χ1v) is 11.3. The lowest BCUT2D eigenvalue weighted by Gasteiger charge is -2.24. The van der Waals surface area contributed by atoms with E-state index in [-0.39, 0.29) is 37.0 Å². The Kier molecular flexibility index (Phi) is 5.35. The lowest BCUT2D eigenvalue weighted by atomic mass is 10.1. The Morgan fingerprint density at radius 3 is 2.59 bits per heavy atom. The Hall–Kier alpha value is -2.75. The van der Waals surface area contributed by atoms with Gasteiger partial charge < -0.3 is 4.52 Å². The second-order valence-corrected chi connectivity index (χ2v) is 9.21. The summed E-state index contributed by atoms with van der Waals surface area (Å²) in [7, 11) is -3.76. The number of sulfonamides is 1. The first-order chi connectivity index (χ1) is 13.9. The van der Waals surface area contributed by atoms with E-state index in [2.05, 4.69) is 14.9 Å². The Balaban J connectivity index is 1.42. The first kappa shape index (κ1) is 19.6. The Morgan fingerprint density at radius 1 is 1.14 bits per heavy atom. The Labute approximate surface area is 168 Å². The molecule has 1 aliphatic carbocycles. The third-order valence-electron chi connectivity index (χ3n) is 5.02. The highest BCUT2D eigenvalue weighted by atomic mass is 32.2. The SMILES string of the molecule is O=C1CCCC(=O)N1CCS(=O)(=O)Nc1ccccc1Cc1nc(C2CC2)no1. The molecule has 154 valence electrons. The number of para-hydroxylation sites is 1. The van der Waals surface area contributed by atoms with Gasteiger partial charge in [-0.1, -0.05) is 23.4 Å². The van der Waals surface area contributed by atoms with E-state index in [9.17, 15) is 18.0 Å². The van der Waals surface area contributed by atoms with Crippen molar-refractivity contribution in [1.82, 2.24) is 15.0 Å². The molecule has 0 radical (unpaired) electrons. The van der Waals surface area contributed by atoms with E-state index in [1.54, 1.807) is 24.3 Å². The molecule has 0 atom stereocenters. The molecule has 2 heterocycles. The van der Waals surface area contributed by atoms with Crippen LogP contribution in [0.4, 0.5) is 5.69 Å². The summed E-state index contributed by atoms with van der Waals surface area (Å²) in [5.41, 5.74) is 1.11. The van der Waals surface area contributed by atoms with Crippen LogP contribution in [-0.2, 0) is 26.0 Å². The average Bonchev–Trinajstić information content (AvgIpc) is 3.42. The fourth-order valence-electron chi connectivity index (χ4n) is 3.26. The average molecular weight is 418 g/mol. The summed E-state index contributed by atoms with van der Waals surface area (Å²) in [6.45, 7) is -0.149. The number of nitrogens with zero attached hydrogens (tertiary/aromatic N) is 3. The van der Waals surface area contributed by atoms with E-state index in [0.717, 1.165) is 17.7 Å². The number of nitrogens with one attached hydrogen (secondary N) is 1. The van der Waals surface area contributed by atoms with E-state index in [1.807, 2.05) is 0 Å². The van der Waals surface area contributed by atoms with Gasteiger partial charge in [-0.3, -0.25) is 19.2 Å². The van der Waals surface area contributed by atoms with Gasteiger partial charge in [-0.2, -0.15) is 4.98 Å². The summed E-state index contributed by atoms with van der Waals surface area (Å²) in [5.74, 6) is 0.517. The minimum absolute atomic E-state index is 0.149. The maximum absolute atomic E-state index is 12.6. The van der Waals surface area contributed by atoms with E-state index >= 15 is 0 Å². The zero-order valence-corrected chi connectivity index (χ0v) is 16.7. The zero-order chi connectivity index (χ0) is 20.4. The van der Waals surface area contributed by atoms with Crippen molar-refractivity contribution in [3.8, 4) is 0 Å². The minimum atomic E-state index is -3.76. The maximum Gasteiger partial charge on any atom is 0.234 e. The molecule has 4 rings (SSSR count). The van der Waals surface area contributed by atoms with Crippen LogP contribution >= 0.6 is 0 Å². The summed E-state index contributed by atoms with van der Waals surface area (Å²) >= 11 is 0. The number of anilines is 1. The van der Waals surface area contributed by atoms with E-state index in [4.69, 9.17) is 4.52 Å². The largest absolute Gasteiger partial charge is 0.339 e. The van der Waals surface area contributed by atoms with Crippen molar-refractivity contribution in [1.29, 1.82) is 0 Å². The number of carbonyl (C=O) groups excluding carboxylic acids is 2. The molecule has 1 aliphatic heterocycles. The van der Waals surface area contributed by atoms with Crippen molar-refractivity contribution in [2.45, 2.75) is 44.4 Å². The summed E-state index contributed by atoms with van der Waals surface area (Å²) in [6.07, 6.45) is 3.51. The van der Waals surface area contributed by atoms with Crippen molar-refractivity contribution >= 4 is 27.5 Å². The van der Waals surface area contributed by atoms with Crippen LogP contribution in [0.15, 0.2) is 28.8 Å². The lowest BCUT2D eigenvalue weighted by Crippen LogP contribution is -2.43. The number of piperidine rings is 1. The third-order valence-corrected chi connectivity index (χ3v) is 6.27. The van der Waals surface area contributed by atoms with E-state index in [0.29, 0.717) is 41.7 Å². The van der Waals surface area contributed by atoms with Crippen molar-refractivity contribution in [2.75, 3.05) is 17.0 Å². The van der Waals surface area contributed by atoms with Crippen LogP contribution in [0.3, 0.4) is 0 Å². The van der Waals surface area contributed by atoms with Gasteiger partial charge in [0.15, 0.2) is 5.82 Å². The Morgan fingerprint density at radius 2 is 1.86 bits per heavy atom. The molecule has 1 aromatic heterocycles. The maximum atomic E-state index is 12.6. The van der Waals surface area contributed by atoms with Gasteiger partial charge in [0.25, 0.3) is 0 Å². The monoisotopic (exact) mass is 418 g/mol. The molecular formula is C19H22N4O5S. The molecule has 2 fully saturated rings. The van der Waals surface area contributed by atoms with Gasteiger partial charge in [-0.25, -0.2) is 8.42 Å². The predicted octanol–water partition coefficient (Wildman–Crippen LogP) is 1.82. The summed E-state index contributed by atoms with van der Waals surface area (Å²) < 4.78 is 32.9. The number of carbonyl (C=O) groups is 2. The standard InChI is InChI=1S/C19H22N4O5S/c24-17-6-3-7-18(25)23(17)10-11-29(26,27)22-15-5-2-1-4-14(15)12-16-20-19(21-28-16)13-8-9-13/h1-2,4-5,13,22H,3,6-12H2. The van der Waals surface area contributed by atoms with Gasteiger partial charge in [0, 0.05) is 25.3 Å². The van der Waals surface area contributed by atoms with Crippen molar-refractivity contribution in [3.63, 3.8) is 0 Å². The van der Waals surface area contributed by atoms with Crippen LogP contribution in [0, 0.1) is 0 Å². The van der Waals surface area contributed by atoms with Gasteiger partial charge in [0.05, 0.1) is 17.9 Å². The van der Waals surface area contributed by atoms with Crippen molar-refractivity contribution < 1.29 is 22.5 Å². The van der Waals surface area contributed by atoms with Crippen LogP contribution in [0.1, 0.15) is 55.3 Å². The molecule has 1 N–H and O–H groups in total. The second-order valence-electron chi connectivity index (χ2n) is 7.37. The molecule has 2 aliphatic rings. The predicted molar refractivity (Wildman–Crippen MR) is 104 cm³/mol. The smallest absolute Gasteiger partial charge is 0.234 e. The minimum Gasteiger partial charge on any atom is -0.339 e. The zero-order valence-electron chi connectivity index (χ0n) is 15.8. The molecule has 10 heteroatoms. The molecular weight excluding hydrogens is 396 g/mol. The second kappa shape index (κ2) is 7.94. The van der Waals surface area contributed by atoms with Crippen molar-refractivity contribution in [3.05, 3.63) is 41.5 Å². The first-order valence-electron chi connectivity index (χ1n) is 9.65. The number of imide groups is 1. The summed E-state index contributed by atoms with van der Waals surface area (Å²) in [6, 6.07) is 6.97. The molecule has 0 unspecified atom stereocenters. The van der Waals surface area contributed by atoms with Crippen LogP contribution in [-0.4, -0.2) is 47.6 Å². The van der Waals surface area contributed by atoms with Crippen LogP contribution in [0.5, 0.6) is 0 Å². The molecule has 2 amide bonds. The van der Waals surface area contributed by atoms with E-state index < -0.39 is 10.0 Å². The number of benzene rings is 1. The van der Waals surface area contributed by atoms with Gasteiger partial charge in [0.1, 0.15) is 0 Å². The number of likely N-dealkylation sites (tertiary alicyclic amines) is 1. The van der Waals surface area contributed by atoms with Gasteiger partial charge in [0.2, 0.25) is 27.7 Å². The fraction of sp³-hybridized carbons (Fsp3) is 0.474. The quantitative estimate of drug-likeness (QED) is 0.649. The van der Waals surface area contributed by atoms with Gasteiger partial charge >= 0.3 is 0 Å². The number of hydrogen-bond acceptors (Lipinski definition) is 7. The molecule has 2 aromatic rings. The molecule has 0 spiro atoms. The Bertz CT molecular complexity index is 1010. The molecule has 9 nitrogen and oxygen atoms in total. The topological polar surface area (TPSA) is 122 Å². The third kappa shape index (κ3) is 4.81.